The van der Waals surface area contributed by atoms with Crippen LogP contribution in [0.3, 0.4) is 0 Å². The third kappa shape index (κ3) is 2.59. The van der Waals surface area contributed by atoms with Crippen LogP contribution in [-0.2, 0) is 10.2 Å². The summed E-state index contributed by atoms with van der Waals surface area (Å²) < 4.78 is 5.05. The summed E-state index contributed by atoms with van der Waals surface area (Å²) in [4.78, 5) is 53.8. The molecule has 0 aromatic heterocycles. The number of cyclic esters (lactones) is 2. The SMILES string of the molecule is CC(C)(C)N1c2cc3c(cc2C2(c4ccccc4-c4ccccc42)c2cc4c(cc21)C(=O)OC4=O)C(=O)CC3=O. The van der Waals surface area contributed by atoms with Crippen LogP contribution in [0, 0.1) is 0 Å². The number of ketones is 2. The van der Waals surface area contributed by atoms with Gasteiger partial charge in [-0.1, -0.05) is 48.5 Å². The van der Waals surface area contributed by atoms with E-state index in [2.05, 4.69) is 49.9 Å². The minimum Gasteiger partial charge on any atom is -0.386 e. The van der Waals surface area contributed by atoms with E-state index in [0.29, 0.717) is 11.1 Å². The number of anilines is 2. The minimum absolute atomic E-state index is 0.143. The molecule has 6 nitrogen and oxygen atoms in total. The number of esters is 2. The Morgan fingerprint density at radius 2 is 1.05 bits per heavy atom. The lowest BCUT2D eigenvalue weighted by atomic mass is 9.63. The van der Waals surface area contributed by atoms with E-state index in [-0.39, 0.29) is 29.1 Å². The first kappa shape index (κ1) is 23.1. The molecule has 4 aromatic carbocycles. The molecule has 40 heavy (non-hydrogen) atoms. The molecule has 0 bridgehead atoms. The van der Waals surface area contributed by atoms with Crippen molar-refractivity contribution in [1.29, 1.82) is 0 Å². The minimum atomic E-state index is -0.901. The monoisotopic (exact) mass is 525 g/mol. The summed E-state index contributed by atoms with van der Waals surface area (Å²) in [7, 11) is 0. The Bertz CT molecular complexity index is 1790. The second kappa shape index (κ2) is 7.21. The van der Waals surface area contributed by atoms with Gasteiger partial charge in [0.1, 0.15) is 0 Å². The van der Waals surface area contributed by atoms with E-state index in [1.165, 1.54) is 0 Å². The van der Waals surface area contributed by atoms with Crippen molar-refractivity contribution in [3.05, 3.63) is 117 Å². The summed E-state index contributed by atoms with van der Waals surface area (Å²) in [5.74, 6) is -1.71. The Morgan fingerprint density at radius 3 is 1.60 bits per heavy atom. The van der Waals surface area contributed by atoms with Crippen LogP contribution in [0.15, 0.2) is 72.8 Å². The zero-order valence-electron chi connectivity index (χ0n) is 22.1. The molecule has 0 saturated carbocycles. The molecule has 0 atom stereocenters. The molecule has 2 aliphatic carbocycles. The van der Waals surface area contributed by atoms with Crippen LogP contribution in [0.2, 0.25) is 0 Å². The summed E-state index contributed by atoms with van der Waals surface area (Å²) in [5.41, 5.74) is 7.31. The topological polar surface area (TPSA) is 80.8 Å². The standard InChI is InChI=1S/C34H23NO5/c1-33(2,3)35-27-14-20-19(29(36)16-30(20)37)12-25(27)34(26-13-21-22(15-28(26)35)32(39)40-31(21)38)23-10-6-4-8-17(23)18-9-5-7-11-24(18)34/h4-15H,16H2,1-3H3. The van der Waals surface area contributed by atoms with Gasteiger partial charge in [-0.3, -0.25) is 9.59 Å². The number of carbonyl (C=O) groups is 4. The molecule has 4 aliphatic rings. The largest absolute Gasteiger partial charge is 0.386 e. The smallest absolute Gasteiger partial charge is 0.346 e. The van der Waals surface area contributed by atoms with Gasteiger partial charge in [0.2, 0.25) is 0 Å². The van der Waals surface area contributed by atoms with Gasteiger partial charge in [0.25, 0.3) is 0 Å². The Kier molecular flexibility index (Phi) is 4.16. The zero-order chi connectivity index (χ0) is 27.7. The average molecular weight is 526 g/mol. The van der Waals surface area contributed by atoms with Gasteiger partial charge in [-0.25, -0.2) is 9.59 Å². The Balaban J connectivity index is 1.62. The maximum atomic E-state index is 13.1. The third-order valence-electron chi connectivity index (χ3n) is 8.73. The van der Waals surface area contributed by atoms with Gasteiger partial charge >= 0.3 is 11.9 Å². The number of carbonyl (C=O) groups excluding carboxylic acids is 4. The second-order valence-electron chi connectivity index (χ2n) is 11.9. The fraction of sp³-hybridized carbons (Fsp3) is 0.176. The van der Waals surface area contributed by atoms with Crippen molar-refractivity contribution in [2.75, 3.05) is 4.90 Å². The van der Waals surface area contributed by atoms with E-state index in [1.54, 1.807) is 12.1 Å². The maximum Gasteiger partial charge on any atom is 0.346 e. The molecule has 6 heteroatoms. The fourth-order valence-corrected chi connectivity index (χ4v) is 7.29. The first-order valence-corrected chi connectivity index (χ1v) is 13.3. The average Bonchev–Trinajstić information content (AvgIpc) is 3.49. The predicted molar refractivity (Wildman–Crippen MR) is 149 cm³/mol. The summed E-state index contributed by atoms with van der Waals surface area (Å²) >= 11 is 0. The zero-order valence-corrected chi connectivity index (χ0v) is 22.1. The van der Waals surface area contributed by atoms with Crippen molar-refractivity contribution >= 4 is 34.9 Å². The van der Waals surface area contributed by atoms with E-state index >= 15 is 0 Å². The molecule has 0 N–H and O–H groups in total. The number of nitrogens with zero attached hydrogens (tertiary/aromatic N) is 1. The van der Waals surface area contributed by atoms with Gasteiger partial charge in [-0.2, -0.15) is 0 Å². The van der Waals surface area contributed by atoms with Crippen molar-refractivity contribution in [2.45, 2.75) is 38.1 Å². The van der Waals surface area contributed by atoms with E-state index < -0.39 is 22.9 Å². The highest BCUT2D eigenvalue weighted by Crippen LogP contribution is 2.64. The summed E-state index contributed by atoms with van der Waals surface area (Å²) in [6.45, 7) is 6.18. The van der Waals surface area contributed by atoms with E-state index in [4.69, 9.17) is 4.74 Å². The molecule has 0 unspecified atom stereocenters. The lowest BCUT2D eigenvalue weighted by Gasteiger charge is -2.50. The van der Waals surface area contributed by atoms with Gasteiger partial charge in [0, 0.05) is 28.0 Å². The molecule has 0 radical (unpaired) electrons. The molecule has 8 rings (SSSR count). The number of fused-ring (bicyclic) bond motifs is 11. The van der Waals surface area contributed by atoms with E-state index in [9.17, 15) is 19.2 Å². The van der Waals surface area contributed by atoms with Crippen LogP contribution in [0.5, 0.6) is 0 Å². The molecule has 2 aliphatic heterocycles. The van der Waals surface area contributed by atoms with Crippen LogP contribution in [0.1, 0.15) is 90.9 Å². The molecule has 1 spiro atoms. The molecule has 0 amide bonds. The molecular formula is C34H23NO5. The lowest BCUT2D eigenvalue weighted by Crippen LogP contribution is -2.45. The lowest BCUT2D eigenvalue weighted by molar-refractivity contribution is 0.0443. The van der Waals surface area contributed by atoms with Crippen molar-refractivity contribution in [3.63, 3.8) is 0 Å². The second-order valence-corrected chi connectivity index (χ2v) is 11.9. The van der Waals surface area contributed by atoms with Gasteiger partial charge in [0.05, 0.1) is 23.0 Å². The highest BCUT2D eigenvalue weighted by molar-refractivity contribution is 6.25. The Labute approximate surface area is 230 Å². The van der Waals surface area contributed by atoms with Gasteiger partial charge < -0.3 is 9.64 Å². The number of hydrogen-bond acceptors (Lipinski definition) is 6. The normalized spacial score (nSPS) is 17.3. The first-order chi connectivity index (χ1) is 19.1. The molecule has 0 saturated heterocycles. The Hall–Kier alpha value is -4.84. The highest BCUT2D eigenvalue weighted by Gasteiger charge is 2.54. The van der Waals surface area contributed by atoms with E-state index in [0.717, 1.165) is 44.8 Å². The number of hydrogen-bond donors (Lipinski definition) is 0. The first-order valence-electron chi connectivity index (χ1n) is 13.3. The summed E-state index contributed by atoms with van der Waals surface area (Å²) in [6, 6.07) is 23.7. The Morgan fingerprint density at radius 1 is 0.600 bits per heavy atom. The number of ether oxygens (including phenoxy) is 1. The van der Waals surface area contributed by atoms with Crippen LogP contribution in [0.25, 0.3) is 11.1 Å². The summed E-state index contributed by atoms with van der Waals surface area (Å²) in [6.07, 6.45) is -0.143. The van der Waals surface area contributed by atoms with Gasteiger partial charge in [-0.05, 0) is 78.4 Å². The maximum absolute atomic E-state index is 13.1. The van der Waals surface area contributed by atoms with Crippen molar-refractivity contribution in [2.24, 2.45) is 0 Å². The number of rotatable bonds is 0. The van der Waals surface area contributed by atoms with E-state index in [1.807, 2.05) is 36.4 Å². The molecule has 4 aromatic rings. The molecule has 2 heterocycles. The fourth-order valence-electron chi connectivity index (χ4n) is 7.29. The molecule has 0 fully saturated rings. The van der Waals surface area contributed by atoms with Crippen molar-refractivity contribution in [1.82, 2.24) is 0 Å². The highest BCUT2D eigenvalue weighted by atomic mass is 16.6. The summed E-state index contributed by atoms with van der Waals surface area (Å²) in [5, 5.41) is 0. The van der Waals surface area contributed by atoms with Crippen molar-refractivity contribution in [3.8, 4) is 11.1 Å². The van der Waals surface area contributed by atoms with Gasteiger partial charge in [-0.15, -0.1) is 0 Å². The van der Waals surface area contributed by atoms with Gasteiger partial charge in [0.15, 0.2) is 11.6 Å². The third-order valence-corrected chi connectivity index (χ3v) is 8.73. The molecule has 194 valence electrons. The predicted octanol–water partition coefficient (Wildman–Crippen LogP) is 6.38. The molecular weight excluding hydrogens is 502 g/mol. The van der Waals surface area contributed by atoms with Crippen LogP contribution in [-0.4, -0.2) is 29.0 Å². The van der Waals surface area contributed by atoms with Crippen LogP contribution < -0.4 is 4.90 Å². The number of Topliss-reactive ketones (excluding diaryl/α,β-unsaturated/α-hetero) is 2. The quantitative estimate of drug-likeness (QED) is 0.172. The van der Waals surface area contributed by atoms with Crippen molar-refractivity contribution < 1.29 is 23.9 Å². The number of benzene rings is 4. The van der Waals surface area contributed by atoms with Crippen LogP contribution in [0.4, 0.5) is 11.4 Å². The van der Waals surface area contributed by atoms with Crippen LogP contribution >= 0.6 is 0 Å².